The van der Waals surface area contributed by atoms with E-state index >= 15 is 0 Å². The summed E-state index contributed by atoms with van der Waals surface area (Å²) in [4.78, 5) is 0. The number of nitrogen functional groups attached to an aromatic ring is 2. The third kappa shape index (κ3) is 2.00. The van der Waals surface area contributed by atoms with Crippen LogP contribution >= 0.6 is 0 Å². The van der Waals surface area contributed by atoms with Crippen LogP contribution < -0.4 is 11.5 Å². The van der Waals surface area contributed by atoms with Gasteiger partial charge in [0.05, 0.1) is 5.69 Å². The molecule has 2 aromatic heterocycles. The molecule has 28 heavy (non-hydrogen) atoms. The van der Waals surface area contributed by atoms with Crippen LogP contribution in [0.5, 0.6) is 0 Å². The fourth-order valence-corrected chi connectivity index (χ4v) is 4.05. The number of fused-ring (bicyclic) bond motifs is 6. The van der Waals surface area contributed by atoms with Gasteiger partial charge in [-0.3, -0.25) is 0 Å². The van der Waals surface area contributed by atoms with E-state index in [1.54, 1.807) is 0 Å². The molecule has 134 valence electrons. The minimum Gasteiger partial charge on any atom is -0.455 e. The highest BCUT2D eigenvalue weighted by Crippen LogP contribution is 2.40. The van der Waals surface area contributed by atoms with Gasteiger partial charge in [0, 0.05) is 38.9 Å². The molecule has 0 amide bonds. The molecule has 0 spiro atoms. The topological polar surface area (TPSA) is 78.3 Å². The van der Waals surface area contributed by atoms with Gasteiger partial charge in [0.15, 0.2) is 5.58 Å². The van der Waals surface area contributed by atoms with Gasteiger partial charge < -0.3 is 20.3 Å². The molecule has 0 atom stereocenters. The van der Waals surface area contributed by atoms with Gasteiger partial charge >= 0.3 is 0 Å². The fraction of sp³-hybridized carbons (Fsp3) is 0. The second kappa shape index (κ2) is 5.30. The van der Waals surface area contributed by atoms with Gasteiger partial charge in [-0.25, -0.2) is 0 Å². The zero-order valence-corrected chi connectivity index (χ0v) is 14.9. The number of furan rings is 2. The van der Waals surface area contributed by atoms with E-state index in [9.17, 15) is 0 Å². The highest BCUT2D eigenvalue weighted by atomic mass is 16.3. The molecule has 4 aromatic carbocycles. The molecule has 6 rings (SSSR count). The molecule has 0 bridgehead atoms. The summed E-state index contributed by atoms with van der Waals surface area (Å²) in [5.74, 6) is 0. The summed E-state index contributed by atoms with van der Waals surface area (Å²) in [6, 6.07) is 24.0. The average Bonchev–Trinajstić information content (AvgIpc) is 3.26. The van der Waals surface area contributed by atoms with Crippen LogP contribution in [0, 0.1) is 0 Å². The second-order valence-electron chi connectivity index (χ2n) is 7.08. The lowest BCUT2D eigenvalue weighted by Gasteiger charge is -2.05. The van der Waals surface area contributed by atoms with E-state index in [1.165, 1.54) is 0 Å². The van der Waals surface area contributed by atoms with E-state index in [1.807, 2.05) is 48.5 Å². The van der Waals surface area contributed by atoms with Crippen LogP contribution in [-0.4, -0.2) is 0 Å². The van der Waals surface area contributed by atoms with Crippen molar-refractivity contribution < 1.29 is 8.83 Å². The molecule has 0 saturated carbocycles. The lowest BCUT2D eigenvalue weighted by molar-refractivity contribution is 0.669. The number of hydrogen-bond acceptors (Lipinski definition) is 4. The van der Waals surface area contributed by atoms with Crippen molar-refractivity contribution in [3.8, 4) is 11.1 Å². The summed E-state index contributed by atoms with van der Waals surface area (Å²) in [6.07, 6.45) is 0. The predicted octanol–water partition coefficient (Wildman–Crippen LogP) is 6.32. The molecular formula is C24H16N2O2. The molecule has 2 heterocycles. The van der Waals surface area contributed by atoms with E-state index in [2.05, 4.69) is 24.3 Å². The van der Waals surface area contributed by atoms with Gasteiger partial charge in [0.25, 0.3) is 0 Å². The van der Waals surface area contributed by atoms with E-state index in [0.717, 1.165) is 49.4 Å². The van der Waals surface area contributed by atoms with Crippen molar-refractivity contribution in [3.05, 3.63) is 72.8 Å². The van der Waals surface area contributed by atoms with Crippen molar-refractivity contribution in [2.24, 2.45) is 0 Å². The maximum Gasteiger partial charge on any atom is 0.158 e. The Bertz CT molecular complexity index is 1540. The van der Waals surface area contributed by atoms with Gasteiger partial charge in [-0.15, -0.1) is 0 Å². The minimum atomic E-state index is 0.593. The van der Waals surface area contributed by atoms with E-state index < -0.39 is 0 Å². The van der Waals surface area contributed by atoms with Crippen molar-refractivity contribution in [2.75, 3.05) is 11.5 Å². The summed E-state index contributed by atoms with van der Waals surface area (Å²) >= 11 is 0. The molecular weight excluding hydrogens is 348 g/mol. The Hall–Kier alpha value is -3.92. The molecule has 6 aromatic rings. The standard InChI is InChI=1S/C24H16N2O2/c25-14-8-9-17-19-10-13(11-20(26)24(19)28-22(17)12-14)15-5-3-6-18-16-4-1-2-7-21(16)27-23(15)18/h1-12H,25-26H2. The molecule has 0 fully saturated rings. The average molecular weight is 364 g/mol. The van der Waals surface area contributed by atoms with E-state index in [4.69, 9.17) is 20.3 Å². The van der Waals surface area contributed by atoms with Crippen LogP contribution in [0.2, 0.25) is 0 Å². The van der Waals surface area contributed by atoms with Crippen molar-refractivity contribution in [2.45, 2.75) is 0 Å². The third-order valence-electron chi connectivity index (χ3n) is 5.34. The molecule has 4 N–H and O–H groups in total. The number of hydrogen-bond donors (Lipinski definition) is 2. The molecule has 4 nitrogen and oxygen atoms in total. The highest BCUT2D eigenvalue weighted by Gasteiger charge is 2.16. The first-order valence-electron chi connectivity index (χ1n) is 9.11. The summed E-state index contributed by atoms with van der Waals surface area (Å²) in [6.45, 7) is 0. The number of rotatable bonds is 1. The Labute approximate surface area is 159 Å². The second-order valence-corrected chi connectivity index (χ2v) is 7.08. The summed E-state index contributed by atoms with van der Waals surface area (Å²) in [7, 11) is 0. The van der Waals surface area contributed by atoms with Gasteiger partial charge in [-0.1, -0.05) is 36.4 Å². The van der Waals surface area contributed by atoms with E-state index in [-0.39, 0.29) is 0 Å². The maximum atomic E-state index is 6.36. The summed E-state index contributed by atoms with van der Waals surface area (Å²) < 4.78 is 12.2. The third-order valence-corrected chi connectivity index (χ3v) is 5.34. The van der Waals surface area contributed by atoms with Gasteiger partial charge in [-0.05, 0) is 35.9 Å². The Kier molecular flexibility index (Phi) is 2.87. The predicted molar refractivity (Wildman–Crippen MR) is 115 cm³/mol. The quantitative estimate of drug-likeness (QED) is 0.335. The fourth-order valence-electron chi connectivity index (χ4n) is 4.05. The molecule has 0 radical (unpaired) electrons. The largest absolute Gasteiger partial charge is 0.455 e. The number of nitrogens with two attached hydrogens (primary N) is 2. The lowest BCUT2D eigenvalue weighted by Crippen LogP contribution is -1.87. The first-order chi connectivity index (χ1) is 13.7. The van der Waals surface area contributed by atoms with Crippen LogP contribution in [0.25, 0.3) is 55.0 Å². The monoisotopic (exact) mass is 364 g/mol. The zero-order valence-electron chi connectivity index (χ0n) is 14.9. The zero-order chi connectivity index (χ0) is 18.8. The van der Waals surface area contributed by atoms with Gasteiger partial charge in [-0.2, -0.15) is 0 Å². The van der Waals surface area contributed by atoms with Gasteiger partial charge in [0.2, 0.25) is 0 Å². The summed E-state index contributed by atoms with van der Waals surface area (Å²) in [5, 5.41) is 4.17. The first kappa shape index (κ1) is 15.2. The summed E-state index contributed by atoms with van der Waals surface area (Å²) in [5.41, 5.74) is 18.7. The van der Waals surface area contributed by atoms with Crippen LogP contribution in [0.4, 0.5) is 11.4 Å². The highest BCUT2D eigenvalue weighted by molar-refractivity contribution is 6.13. The first-order valence-corrected chi connectivity index (χ1v) is 9.11. The molecule has 0 unspecified atom stereocenters. The molecule has 0 saturated heterocycles. The SMILES string of the molecule is Nc1ccc2c(c1)oc1c(N)cc(-c3cccc4c3oc3ccccc34)cc12. The number of benzene rings is 4. The van der Waals surface area contributed by atoms with Crippen molar-refractivity contribution in [3.63, 3.8) is 0 Å². The van der Waals surface area contributed by atoms with Crippen molar-refractivity contribution >= 4 is 55.3 Å². The van der Waals surface area contributed by atoms with Crippen molar-refractivity contribution in [1.82, 2.24) is 0 Å². The number of para-hydroxylation sites is 2. The smallest absolute Gasteiger partial charge is 0.158 e. The normalized spacial score (nSPS) is 11.9. The molecule has 0 aliphatic carbocycles. The van der Waals surface area contributed by atoms with Crippen LogP contribution in [0.1, 0.15) is 0 Å². The lowest BCUT2D eigenvalue weighted by atomic mass is 9.99. The Balaban J connectivity index is 1.69. The Morgan fingerprint density at radius 3 is 2.29 bits per heavy atom. The Morgan fingerprint density at radius 1 is 0.571 bits per heavy atom. The molecule has 4 heteroatoms. The van der Waals surface area contributed by atoms with Gasteiger partial charge in [0.1, 0.15) is 16.7 Å². The van der Waals surface area contributed by atoms with Crippen LogP contribution in [0.15, 0.2) is 81.6 Å². The molecule has 0 aliphatic heterocycles. The van der Waals surface area contributed by atoms with Crippen LogP contribution in [-0.2, 0) is 0 Å². The maximum absolute atomic E-state index is 6.36. The number of anilines is 2. The minimum absolute atomic E-state index is 0.593. The van der Waals surface area contributed by atoms with Crippen LogP contribution in [0.3, 0.4) is 0 Å². The van der Waals surface area contributed by atoms with E-state index in [0.29, 0.717) is 17.0 Å². The van der Waals surface area contributed by atoms with Crippen molar-refractivity contribution in [1.29, 1.82) is 0 Å². The molecule has 0 aliphatic rings. The Morgan fingerprint density at radius 2 is 1.36 bits per heavy atom.